The zero-order valence-electron chi connectivity index (χ0n) is 9.17. The van der Waals surface area contributed by atoms with Gasteiger partial charge in [-0.15, -0.1) is 0 Å². The lowest BCUT2D eigenvalue weighted by Gasteiger charge is -2.18. The molecule has 0 spiro atoms. The second kappa shape index (κ2) is 3.05. The number of carbonyl (C=O) groups excluding carboxylic acids is 1. The molecule has 0 aliphatic carbocycles. The highest BCUT2D eigenvalue weighted by atomic mass is 19.1. The Morgan fingerprint density at radius 2 is 2.07 bits per heavy atom. The van der Waals surface area contributed by atoms with E-state index in [4.69, 9.17) is 0 Å². The Hall–Kier alpha value is -1.38. The molecule has 80 valence electrons. The van der Waals surface area contributed by atoms with Crippen LogP contribution >= 0.6 is 0 Å². The summed E-state index contributed by atoms with van der Waals surface area (Å²) in [6, 6.07) is 5.26. The molecule has 0 saturated heterocycles. The van der Waals surface area contributed by atoms with Crippen LogP contribution in [-0.4, -0.2) is 17.9 Å². The molecule has 15 heavy (non-hydrogen) atoms. The predicted molar refractivity (Wildman–Crippen MR) is 56.4 cm³/mol. The molecule has 2 rings (SSSR count). The third-order valence-corrected chi connectivity index (χ3v) is 2.79. The van der Waals surface area contributed by atoms with E-state index in [1.165, 1.54) is 13.8 Å². The van der Waals surface area contributed by atoms with Gasteiger partial charge < -0.3 is 4.90 Å². The van der Waals surface area contributed by atoms with E-state index in [0.29, 0.717) is 17.7 Å². The molecule has 1 aliphatic rings. The molecule has 1 aliphatic heterocycles. The number of nitrogens with zero attached hydrogens (tertiary/aromatic N) is 1. The van der Waals surface area contributed by atoms with Crippen LogP contribution in [0.4, 0.5) is 4.39 Å². The van der Waals surface area contributed by atoms with Crippen molar-refractivity contribution in [2.75, 3.05) is 7.05 Å². The van der Waals surface area contributed by atoms with Crippen molar-refractivity contribution in [3.05, 3.63) is 34.9 Å². The highest BCUT2D eigenvalue weighted by molar-refractivity contribution is 5.98. The molecule has 2 nitrogen and oxygen atoms in total. The molecule has 1 aromatic rings. The number of hydrogen-bond donors (Lipinski definition) is 0. The third kappa shape index (κ3) is 1.52. The summed E-state index contributed by atoms with van der Waals surface area (Å²) >= 11 is 0. The molecular weight excluding hydrogens is 193 g/mol. The number of rotatable bonds is 1. The van der Waals surface area contributed by atoms with Gasteiger partial charge in [-0.05, 0) is 31.0 Å². The van der Waals surface area contributed by atoms with Crippen LogP contribution in [0.15, 0.2) is 18.2 Å². The average Bonchev–Trinajstić information content (AvgIpc) is 2.41. The van der Waals surface area contributed by atoms with E-state index in [1.807, 2.05) is 0 Å². The van der Waals surface area contributed by atoms with Crippen LogP contribution in [0.25, 0.3) is 0 Å². The number of alkyl halides is 1. The van der Waals surface area contributed by atoms with Crippen LogP contribution in [0.2, 0.25) is 0 Å². The Kier molecular flexibility index (Phi) is 2.07. The standard InChI is InChI=1S/C12H14FNO/c1-12(2,13)10-6-4-5-8-9(10)7-14(3)11(8)15/h4-6H,7H2,1-3H3. The Morgan fingerprint density at radius 1 is 1.40 bits per heavy atom. The van der Waals surface area contributed by atoms with Crippen molar-refractivity contribution in [1.29, 1.82) is 0 Å². The quantitative estimate of drug-likeness (QED) is 0.692. The zero-order valence-corrected chi connectivity index (χ0v) is 9.17. The van der Waals surface area contributed by atoms with Gasteiger partial charge in [0.15, 0.2) is 0 Å². The summed E-state index contributed by atoms with van der Waals surface area (Å²) in [5, 5.41) is 0. The lowest BCUT2D eigenvalue weighted by atomic mass is 9.92. The molecule has 1 amide bonds. The molecule has 0 radical (unpaired) electrons. The van der Waals surface area contributed by atoms with Crippen molar-refractivity contribution in [3.8, 4) is 0 Å². The van der Waals surface area contributed by atoms with Crippen LogP contribution in [0, 0.1) is 0 Å². The fourth-order valence-corrected chi connectivity index (χ4v) is 2.03. The Morgan fingerprint density at radius 3 is 2.67 bits per heavy atom. The van der Waals surface area contributed by atoms with Crippen molar-refractivity contribution >= 4 is 5.91 Å². The minimum absolute atomic E-state index is 0.0175. The van der Waals surface area contributed by atoms with Gasteiger partial charge in [0.25, 0.3) is 5.91 Å². The fourth-order valence-electron chi connectivity index (χ4n) is 2.03. The van der Waals surface area contributed by atoms with Gasteiger partial charge >= 0.3 is 0 Å². The van der Waals surface area contributed by atoms with E-state index in [1.54, 1.807) is 30.1 Å². The summed E-state index contributed by atoms with van der Waals surface area (Å²) in [4.78, 5) is 13.3. The van der Waals surface area contributed by atoms with E-state index >= 15 is 0 Å². The van der Waals surface area contributed by atoms with Crippen molar-refractivity contribution in [2.45, 2.75) is 26.1 Å². The topological polar surface area (TPSA) is 20.3 Å². The zero-order chi connectivity index (χ0) is 11.2. The van der Waals surface area contributed by atoms with Gasteiger partial charge in [0.1, 0.15) is 5.67 Å². The summed E-state index contributed by atoms with van der Waals surface area (Å²) in [7, 11) is 1.73. The molecule has 1 heterocycles. The minimum atomic E-state index is -1.39. The van der Waals surface area contributed by atoms with Crippen LogP contribution in [0.5, 0.6) is 0 Å². The first-order valence-corrected chi connectivity index (χ1v) is 4.98. The molecule has 0 fully saturated rings. The summed E-state index contributed by atoms with van der Waals surface area (Å²) in [5.74, 6) is -0.0175. The number of hydrogen-bond acceptors (Lipinski definition) is 1. The van der Waals surface area contributed by atoms with Crippen LogP contribution in [-0.2, 0) is 12.2 Å². The number of benzene rings is 1. The molecular formula is C12H14FNO. The lowest BCUT2D eigenvalue weighted by molar-refractivity contribution is 0.0816. The molecule has 0 aromatic heterocycles. The van der Waals surface area contributed by atoms with Gasteiger partial charge in [-0.2, -0.15) is 0 Å². The van der Waals surface area contributed by atoms with E-state index in [9.17, 15) is 9.18 Å². The average molecular weight is 207 g/mol. The van der Waals surface area contributed by atoms with Gasteiger partial charge in [-0.1, -0.05) is 12.1 Å². The molecule has 0 bridgehead atoms. The minimum Gasteiger partial charge on any atom is -0.337 e. The van der Waals surface area contributed by atoms with Crippen molar-refractivity contribution in [1.82, 2.24) is 4.90 Å². The second-order valence-electron chi connectivity index (χ2n) is 4.47. The summed E-state index contributed by atoms with van der Waals surface area (Å²) in [5.41, 5.74) is 0.701. The second-order valence-corrected chi connectivity index (χ2v) is 4.47. The van der Waals surface area contributed by atoms with Crippen molar-refractivity contribution < 1.29 is 9.18 Å². The number of fused-ring (bicyclic) bond motifs is 1. The molecule has 0 atom stereocenters. The smallest absolute Gasteiger partial charge is 0.254 e. The molecule has 1 aromatic carbocycles. The lowest BCUT2D eigenvalue weighted by Crippen LogP contribution is -2.17. The largest absolute Gasteiger partial charge is 0.337 e. The van der Waals surface area contributed by atoms with Gasteiger partial charge in [0.05, 0.1) is 0 Å². The first-order valence-electron chi connectivity index (χ1n) is 4.98. The predicted octanol–water partition coefficient (Wildman–Crippen LogP) is 2.48. The number of carbonyl (C=O) groups is 1. The van der Waals surface area contributed by atoms with E-state index in [0.717, 1.165) is 5.56 Å². The first-order chi connectivity index (χ1) is 6.91. The molecule has 0 saturated carbocycles. The number of amides is 1. The highest BCUT2D eigenvalue weighted by Gasteiger charge is 2.31. The molecule has 3 heteroatoms. The van der Waals surface area contributed by atoms with E-state index < -0.39 is 5.67 Å². The Balaban J connectivity index is 2.60. The van der Waals surface area contributed by atoms with Gasteiger partial charge in [0.2, 0.25) is 0 Å². The number of halogens is 1. The van der Waals surface area contributed by atoms with Crippen LogP contribution in [0.3, 0.4) is 0 Å². The van der Waals surface area contributed by atoms with Gasteiger partial charge in [0, 0.05) is 19.2 Å². The Labute approximate surface area is 88.7 Å². The van der Waals surface area contributed by atoms with Crippen molar-refractivity contribution in [3.63, 3.8) is 0 Å². The van der Waals surface area contributed by atoms with Crippen molar-refractivity contribution in [2.24, 2.45) is 0 Å². The normalized spacial score (nSPS) is 15.7. The SMILES string of the molecule is CN1Cc2c(cccc2C(C)(C)F)C1=O. The van der Waals surface area contributed by atoms with Gasteiger partial charge in [-0.25, -0.2) is 4.39 Å². The van der Waals surface area contributed by atoms with E-state index in [2.05, 4.69) is 0 Å². The molecule has 0 N–H and O–H groups in total. The molecule has 0 unspecified atom stereocenters. The van der Waals surface area contributed by atoms with Gasteiger partial charge in [-0.3, -0.25) is 4.79 Å². The summed E-state index contributed by atoms with van der Waals surface area (Å²) in [6.07, 6.45) is 0. The van der Waals surface area contributed by atoms with E-state index in [-0.39, 0.29) is 5.91 Å². The Bertz CT molecular complexity index is 420. The van der Waals surface area contributed by atoms with Crippen LogP contribution in [0.1, 0.15) is 35.3 Å². The van der Waals surface area contributed by atoms with Crippen LogP contribution < -0.4 is 0 Å². The summed E-state index contributed by atoms with van der Waals surface area (Å²) < 4.78 is 13.9. The third-order valence-electron chi connectivity index (χ3n) is 2.79. The highest BCUT2D eigenvalue weighted by Crippen LogP contribution is 2.33. The maximum atomic E-state index is 13.9. The summed E-state index contributed by atoms with van der Waals surface area (Å²) in [6.45, 7) is 3.55. The maximum absolute atomic E-state index is 13.9. The fraction of sp³-hybridized carbons (Fsp3) is 0.417. The maximum Gasteiger partial charge on any atom is 0.254 e. The monoisotopic (exact) mass is 207 g/mol. The first kappa shape index (κ1) is 10.1.